The molecule has 9 nitrogen and oxygen atoms in total. The maximum Gasteiger partial charge on any atom is 0.303 e. The number of nitrogens with zero attached hydrogens (tertiary/aromatic N) is 1. The van der Waals surface area contributed by atoms with Crippen LogP contribution in [0.2, 0.25) is 0 Å². The van der Waals surface area contributed by atoms with Crippen LogP contribution >= 0.6 is 22.6 Å². The summed E-state index contributed by atoms with van der Waals surface area (Å²) in [5.41, 5.74) is 0.542. The van der Waals surface area contributed by atoms with E-state index in [4.69, 9.17) is 28.4 Å². The number of halogens is 1. The molecule has 2 aliphatic heterocycles. The molecule has 0 aromatic heterocycles. The van der Waals surface area contributed by atoms with Gasteiger partial charge >= 0.3 is 11.9 Å². The van der Waals surface area contributed by atoms with E-state index in [0.717, 1.165) is 28.4 Å². The minimum atomic E-state index is -1.63. The van der Waals surface area contributed by atoms with Crippen molar-refractivity contribution in [1.29, 1.82) is 5.26 Å². The quantitative estimate of drug-likeness (QED) is 0.332. The molecular weight excluding hydrogens is 617 g/mol. The lowest BCUT2D eigenvalue weighted by molar-refractivity contribution is -0.392. The Kier molecular flexibility index (Phi) is 7.42. The van der Waals surface area contributed by atoms with Crippen LogP contribution in [0, 0.1) is 32.7 Å². The molecule has 2 heterocycles. The van der Waals surface area contributed by atoms with E-state index in [0.29, 0.717) is 17.8 Å². The fourth-order valence-electron chi connectivity index (χ4n) is 7.87. The molecule has 4 saturated carbocycles. The number of carbonyl (C=O) groups excluding carboxylic acids is 2. The zero-order valence-electron chi connectivity index (χ0n) is 22.2. The molecule has 0 N–H and O–H groups in total. The van der Waals surface area contributed by atoms with Crippen LogP contribution < -0.4 is 0 Å². The van der Waals surface area contributed by atoms with Crippen molar-refractivity contribution < 1.29 is 38.0 Å². The molecule has 1 aromatic carbocycles. The summed E-state index contributed by atoms with van der Waals surface area (Å²) in [6.45, 7) is 2.64. The van der Waals surface area contributed by atoms with Crippen molar-refractivity contribution in [2.45, 2.75) is 101 Å². The monoisotopic (exact) mass is 651 g/mol. The van der Waals surface area contributed by atoms with Gasteiger partial charge in [-0.3, -0.25) is 9.59 Å². The lowest BCUT2D eigenvalue weighted by Gasteiger charge is -2.58. The molecule has 0 unspecified atom stereocenters. The number of rotatable bonds is 6. The van der Waals surface area contributed by atoms with Gasteiger partial charge in [0.25, 0.3) is 5.79 Å². The fraction of sp³-hybridized carbons (Fsp3) is 0.690. The number of fused-ring (bicyclic) bond motifs is 1. The van der Waals surface area contributed by atoms with E-state index in [9.17, 15) is 14.9 Å². The predicted molar refractivity (Wildman–Crippen MR) is 144 cm³/mol. The Morgan fingerprint density at radius 3 is 2.23 bits per heavy atom. The standard InChI is InChI=1S/C29H34INO8/c1-16(32)35-25-24-23(14-34-29(15-31,38-24)13-21-5-3-4-6-22(21)30)37-27(26(25)36-17(2)33)39-28-10-18-7-19(11-28)9-20(8-18)12-28/h3-6,18-20,23-27H,7-14H2,1-2H3/t18?,19?,20?,23-,24+,25+,26-,27+,28?,29-/m1/s1. The summed E-state index contributed by atoms with van der Waals surface area (Å²) in [5.74, 6) is -0.803. The zero-order chi connectivity index (χ0) is 27.4. The highest BCUT2D eigenvalue weighted by Gasteiger charge is 2.60. The molecule has 39 heavy (non-hydrogen) atoms. The van der Waals surface area contributed by atoms with Gasteiger partial charge in [0.2, 0.25) is 0 Å². The molecule has 7 rings (SSSR count). The van der Waals surface area contributed by atoms with Gasteiger partial charge in [0.1, 0.15) is 18.3 Å². The molecule has 10 heteroatoms. The van der Waals surface area contributed by atoms with E-state index in [1.807, 2.05) is 24.3 Å². The minimum absolute atomic E-state index is 0.0347. The molecule has 1 aromatic rings. The van der Waals surface area contributed by atoms with Crippen molar-refractivity contribution in [2.24, 2.45) is 17.8 Å². The lowest BCUT2D eigenvalue weighted by atomic mass is 9.54. The van der Waals surface area contributed by atoms with Crippen LogP contribution in [0.1, 0.15) is 57.9 Å². The maximum absolute atomic E-state index is 12.3. The van der Waals surface area contributed by atoms with Crippen LogP contribution in [0.25, 0.3) is 0 Å². The van der Waals surface area contributed by atoms with Crippen LogP contribution in [0.15, 0.2) is 24.3 Å². The molecule has 2 saturated heterocycles. The van der Waals surface area contributed by atoms with Gasteiger partial charge in [-0.05, 0) is 90.5 Å². The van der Waals surface area contributed by atoms with Crippen molar-refractivity contribution in [1.82, 2.24) is 0 Å². The second kappa shape index (κ2) is 10.6. The van der Waals surface area contributed by atoms with Crippen LogP contribution in [0.5, 0.6) is 0 Å². The van der Waals surface area contributed by atoms with Crippen LogP contribution in [-0.2, 0) is 44.4 Å². The number of ether oxygens (including phenoxy) is 6. The Hall–Kier alpha value is -1.78. The van der Waals surface area contributed by atoms with Crippen LogP contribution in [0.4, 0.5) is 0 Å². The Labute approximate surface area is 241 Å². The van der Waals surface area contributed by atoms with Crippen molar-refractivity contribution in [3.63, 3.8) is 0 Å². The Balaban J connectivity index is 1.29. The number of nitriles is 1. The molecule has 0 spiro atoms. The first-order valence-corrected chi connectivity index (χ1v) is 14.9. The SMILES string of the molecule is CC(=O)O[C@H]1[C@H]2O[C@@](C#N)(Cc3ccccc3I)OC[C@H]2O[C@@H](OC23CC4CC(CC(C4)C2)C3)[C@@H]1OC(C)=O. The molecule has 0 amide bonds. The first-order valence-electron chi connectivity index (χ1n) is 13.8. The molecular formula is C29H34INO8. The molecule has 6 fully saturated rings. The largest absolute Gasteiger partial charge is 0.455 e. The van der Waals surface area contributed by atoms with Gasteiger partial charge in [-0.2, -0.15) is 5.26 Å². The van der Waals surface area contributed by atoms with Crippen molar-refractivity contribution >= 4 is 34.5 Å². The van der Waals surface area contributed by atoms with E-state index in [-0.39, 0.29) is 18.6 Å². The van der Waals surface area contributed by atoms with E-state index < -0.39 is 48.4 Å². The van der Waals surface area contributed by atoms with Gasteiger partial charge in [-0.1, -0.05) is 18.2 Å². The van der Waals surface area contributed by atoms with E-state index in [2.05, 4.69) is 28.7 Å². The Bertz CT molecular complexity index is 1130. The highest BCUT2D eigenvalue weighted by molar-refractivity contribution is 14.1. The normalized spacial score (nSPS) is 42.3. The van der Waals surface area contributed by atoms with Gasteiger partial charge in [-0.25, -0.2) is 0 Å². The average molecular weight is 651 g/mol. The van der Waals surface area contributed by atoms with Gasteiger partial charge in [0.15, 0.2) is 18.5 Å². The van der Waals surface area contributed by atoms with Crippen molar-refractivity contribution in [3.05, 3.63) is 33.4 Å². The Morgan fingerprint density at radius 2 is 1.64 bits per heavy atom. The summed E-state index contributed by atoms with van der Waals surface area (Å²) in [4.78, 5) is 24.6. The van der Waals surface area contributed by atoms with Gasteiger partial charge in [-0.15, -0.1) is 0 Å². The molecule has 0 radical (unpaired) electrons. The summed E-state index contributed by atoms with van der Waals surface area (Å²) < 4.78 is 38.0. The topological polar surface area (TPSA) is 113 Å². The molecule has 6 atom stereocenters. The highest BCUT2D eigenvalue weighted by Crippen LogP contribution is 2.58. The summed E-state index contributed by atoms with van der Waals surface area (Å²) in [6.07, 6.45) is 2.18. The third-order valence-corrected chi connectivity index (χ3v) is 9.95. The van der Waals surface area contributed by atoms with E-state index in [1.165, 1.54) is 33.1 Å². The third kappa shape index (κ3) is 5.45. The number of hydrogen-bond donors (Lipinski definition) is 0. The van der Waals surface area contributed by atoms with E-state index >= 15 is 0 Å². The molecule has 4 bridgehead atoms. The summed E-state index contributed by atoms with van der Waals surface area (Å²) in [7, 11) is 0. The van der Waals surface area contributed by atoms with Gasteiger partial charge < -0.3 is 28.4 Å². The predicted octanol–water partition coefficient (Wildman–Crippen LogP) is 4.04. The van der Waals surface area contributed by atoms with Crippen molar-refractivity contribution in [2.75, 3.05) is 6.61 Å². The Morgan fingerprint density at radius 1 is 1.03 bits per heavy atom. The zero-order valence-corrected chi connectivity index (χ0v) is 24.3. The summed E-state index contributed by atoms with van der Waals surface area (Å²) in [6, 6.07) is 9.86. The third-order valence-electron chi connectivity index (χ3n) is 8.90. The molecule has 210 valence electrons. The lowest BCUT2D eigenvalue weighted by Crippen LogP contribution is -2.68. The highest BCUT2D eigenvalue weighted by atomic mass is 127. The molecule has 6 aliphatic rings. The molecule has 4 aliphatic carbocycles. The second-order valence-corrected chi connectivity index (χ2v) is 13.1. The first kappa shape index (κ1) is 27.4. The van der Waals surface area contributed by atoms with Crippen LogP contribution in [0.3, 0.4) is 0 Å². The number of benzene rings is 1. The smallest absolute Gasteiger partial charge is 0.303 e. The number of esters is 2. The van der Waals surface area contributed by atoms with Gasteiger partial charge in [0.05, 0.1) is 12.2 Å². The number of hydrogen-bond acceptors (Lipinski definition) is 9. The number of carbonyl (C=O) groups is 2. The van der Waals surface area contributed by atoms with Crippen LogP contribution in [-0.4, -0.2) is 60.6 Å². The minimum Gasteiger partial charge on any atom is -0.455 e. The average Bonchev–Trinajstić information content (AvgIpc) is 2.86. The second-order valence-electron chi connectivity index (χ2n) is 11.9. The maximum atomic E-state index is 12.3. The summed E-state index contributed by atoms with van der Waals surface area (Å²) >= 11 is 2.21. The fourth-order valence-corrected chi connectivity index (χ4v) is 8.45. The summed E-state index contributed by atoms with van der Waals surface area (Å²) in [5, 5.41) is 10.2. The van der Waals surface area contributed by atoms with E-state index in [1.54, 1.807) is 0 Å². The van der Waals surface area contributed by atoms with Gasteiger partial charge in [0, 0.05) is 23.8 Å². The van der Waals surface area contributed by atoms with Crippen molar-refractivity contribution in [3.8, 4) is 6.07 Å². The first-order chi connectivity index (χ1) is 18.7.